The molecule has 158 valence electrons. The lowest BCUT2D eigenvalue weighted by molar-refractivity contribution is 0.214. The van der Waals surface area contributed by atoms with Crippen molar-refractivity contribution in [1.82, 2.24) is 9.47 Å². The molecule has 0 aliphatic carbocycles. The molecule has 30 heavy (non-hydrogen) atoms. The summed E-state index contributed by atoms with van der Waals surface area (Å²) in [5.74, 6) is 2.04. The SMILES string of the molecule is COc1ccc([C@H]2c3cccn3CCCN2Cc2cccc(C)c2)c(OC)c1OC. The van der Waals surface area contributed by atoms with E-state index >= 15 is 0 Å². The van der Waals surface area contributed by atoms with Crippen LogP contribution in [0.5, 0.6) is 17.2 Å². The van der Waals surface area contributed by atoms with Gasteiger partial charge in [0.25, 0.3) is 0 Å². The van der Waals surface area contributed by atoms with Crippen molar-refractivity contribution in [3.8, 4) is 17.2 Å². The highest BCUT2D eigenvalue weighted by Gasteiger charge is 2.31. The Bertz CT molecular complexity index is 1010. The normalized spacial score (nSPS) is 16.6. The van der Waals surface area contributed by atoms with Crippen molar-refractivity contribution in [3.63, 3.8) is 0 Å². The van der Waals surface area contributed by atoms with Crippen LogP contribution in [0, 0.1) is 6.92 Å². The Balaban J connectivity index is 1.84. The quantitative estimate of drug-likeness (QED) is 0.588. The molecule has 1 aliphatic heterocycles. The molecule has 0 saturated heterocycles. The molecule has 0 fully saturated rings. The van der Waals surface area contributed by atoms with Crippen LogP contribution in [0.1, 0.15) is 34.8 Å². The second kappa shape index (κ2) is 8.84. The van der Waals surface area contributed by atoms with Crippen molar-refractivity contribution in [1.29, 1.82) is 0 Å². The first-order valence-electron chi connectivity index (χ1n) is 10.4. The van der Waals surface area contributed by atoms with E-state index in [9.17, 15) is 0 Å². The predicted molar refractivity (Wildman–Crippen MR) is 119 cm³/mol. The summed E-state index contributed by atoms with van der Waals surface area (Å²) in [5, 5.41) is 0. The molecule has 1 atom stereocenters. The van der Waals surface area contributed by atoms with E-state index < -0.39 is 0 Å². The lowest BCUT2D eigenvalue weighted by atomic mass is 9.98. The van der Waals surface area contributed by atoms with E-state index in [1.54, 1.807) is 21.3 Å². The van der Waals surface area contributed by atoms with Gasteiger partial charge in [-0.1, -0.05) is 29.8 Å². The molecule has 2 heterocycles. The van der Waals surface area contributed by atoms with Gasteiger partial charge in [-0.2, -0.15) is 0 Å². The van der Waals surface area contributed by atoms with E-state index in [2.05, 4.69) is 65.1 Å². The van der Waals surface area contributed by atoms with Crippen LogP contribution in [0.3, 0.4) is 0 Å². The molecule has 5 heteroatoms. The topological polar surface area (TPSA) is 35.9 Å². The summed E-state index contributed by atoms with van der Waals surface area (Å²) in [4.78, 5) is 2.54. The molecule has 3 aromatic rings. The fourth-order valence-electron chi connectivity index (χ4n) is 4.55. The Kier molecular flexibility index (Phi) is 6.00. The van der Waals surface area contributed by atoms with Crippen molar-refractivity contribution in [2.24, 2.45) is 0 Å². The fraction of sp³-hybridized carbons (Fsp3) is 0.360. The summed E-state index contributed by atoms with van der Waals surface area (Å²) in [6.45, 7) is 5.03. The van der Waals surface area contributed by atoms with Gasteiger partial charge in [-0.3, -0.25) is 4.90 Å². The van der Waals surface area contributed by atoms with Crippen LogP contribution in [-0.4, -0.2) is 37.3 Å². The van der Waals surface area contributed by atoms with Gasteiger partial charge in [0, 0.05) is 37.1 Å². The first-order chi connectivity index (χ1) is 14.7. The van der Waals surface area contributed by atoms with Crippen molar-refractivity contribution >= 4 is 0 Å². The number of benzene rings is 2. The van der Waals surface area contributed by atoms with Gasteiger partial charge in [0.1, 0.15) is 0 Å². The van der Waals surface area contributed by atoms with Gasteiger partial charge in [-0.15, -0.1) is 0 Å². The van der Waals surface area contributed by atoms with Gasteiger partial charge in [-0.25, -0.2) is 0 Å². The smallest absolute Gasteiger partial charge is 0.203 e. The zero-order chi connectivity index (χ0) is 21.1. The van der Waals surface area contributed by atoms with Gasteiger partial charge in [0.15, 0.2) is 11.5 Å². The number of hydrogen-bond donors (Lipinski definition) is 0. The maximum Gasteiger partial charge on any atom is 0.203 e. The molecule has 2 aromatic carbocycles. The summed E-state index contributed by atoms with van der Waals surface area (Å²) in [6, 6.07) is 17.2. The third-order valence-corrected chi connectivity index (χ3v) is 5.85. The summed E-state index contributed by atoms with van der Waals surface area (Å²) in [5.41, 5.74) is 4.96. The van der Waals surface area contributed by atoms with Crippen molar-refractivity contribution in [2.75, 3.05) is 27.9 Å². The summed E-state index contributed by atoms with van der Waals surface area (Å²) in [6.07, 6.45) is 3.27. The minimum Gasteiger partial charge on any atom is -0.493 e. The summed E-state index contributed by atoms with van der Waals surface area (Å²) >= 11 is 0. The first-order valence-corrected chi connectivity index (χ1v) is 10.4. The monoisotopic (exact) mass is 406 g/mol. The number of methoxy groups -OCH3 is 3. The zero-order valence-electron chi connectivity index (χ0n) is 18.2. The lowest BCUT2D eigenvalue weighted by Gasteiger charge is -2.32. The van der Waals surface area contributed by atoms with Crippen molar-refractivity contribution in [2.45, 2.75) is 32.5 Å². The largest absolute Gasteiger partial charge is 0.493 e. The maximum atomic E-state index is 5.87. The van der Waals surface area contributed by atoms with E-state index in [0.29, 0.717) is 11.5 Å². The van der Waals surface area contributed by atoms with E-state index in [1.165, 1.54) is 16.8 Å². The summed E-state index contributed by atoms with van der Waals surface area (Å²) < 4.78 is 19.4. The number of aryl methyl sites for hydroxylation is 2. The molecule has 0 N–H and O–H groups in total. The molecule has 0 bridgehead atoms. The van der Waals surface area contributed by atoms with Crippen molar-refractivity contribution in [3.05, 3.63) is 77.1 Å². The minimum absolute atomic E-state index is 0.0535. The number of fused-ring (bicyclic) bond motifs is 1. The van der Waals surface area contributed by atoms with Crippen LogP contribution in [0.15, 0.2) is 54.7 Å². The minimum atomic E-state index is 0.0535. The number of hydrogen-bond acceptors (Lipinski definition) is 4. The zero-order valence-corrected chi connectivity index (χ0v) is 18.2. The van der Waals surface area contributed by atoms with Crippen LogP contribution in [0.2, 0.25) is 0 Å². The number of rotatable bonds is 6. The second-order valence-corrected chi connectivity index (χ2v) is 7.77. The fourth-order valence-corrected chi connectivity index (χ4v) is 4.55. The van der Waals surface area contributed by atoms with E-state index in [0.717, 1.165) is 37.4 Å². The Morgan fingerprint density at radius 1 is 0.900 bits per heavy atom. The molecule has 1 aromatic heterocycles. The highest BCUT2D eigenvalue weighted by atomic mass is 16.5. The Hall–Kier alpha value is -2.92. The van der Waals surface area contributed by atoms with Gasteiger partial charge in [0.2, 0.25) is 5.75 Å². The van der Waals surface area contributed by atoms with Crippen molar-refractivity contribution < 1.29 is 14.2 Å². The molecule has 0 radical (unpaired) electrons. The van der Waals surface area contributed by atoms with E-state index in [4.69, 9.17) is 14.2 Å². The van der Waals surface area contributed by atoms with E-state index in [-0.39, 0.29) is 6.04 Å². The van der Waals surface area contributed by atoms with Crippen LogP contribution in [0.25, 0.3) is 0 Å². The van der Waals surface area contributed by atoms with Crippen LogP contribution in [0.4, 0.5) is 0 Å². The van der Waals surface area contributed by atoms with Gasteiger partial charge in [0.05, 0.1) is 27.4 Å². The Morgan fingerprint density at radius 2 is 1.73 bits per heavy atom. The second-order valence-electron chi connectivity index (χ2n) is 7.77. The van der Waals surface area contributed by atoms with E-state index in [1.807, 2.05) is 6.07 Å². The average molecular weight is 407 g/mol. The highest BCUT2D eigenvalue weighted by Crippen LogP contribution is 2.46. The molecule has 1 aliphatic rings. The lowest BCUT2D eigenvalue weighted by Crippen LogP contribution is -2.30. The number of ether oxygens (including phenoxy) is 3. The van der Waals surface area contributed by atoms with Crippen LogP contribution in [-0.2, 0) is 13.1 Å². The predicted octanol–water partition coefficient (Wildman–Crippen LogP) is 4.82. The number of aromatic nitrogens is 1. The van der Waals surface area contributed by atoms with Gasteiger partial charge in [-0.05, 0) is 43.2 Å². The highest BCUT2D eigenvalue weighted by molar-refractivity contribution is 5.58. The number of nitrogens with zero attached hydrogens (tertiary/aromatic N) is 2. The molecule has 4 rings (SSSR count). The van der Waals surface area contributed by atoms with Gasteiger partial charge >= 0.3 is 0 Å². The summed E-state index contributed by atoms with van der Waals surface area (Å²) in [7, 11) is 5.00. The molecule has 0 amide bonds. The molecule has 0 spiro atoms. The third-order valence-electron chi connectivity index (χ3n) is 5.85. The standard InChI is InChI=1S/C25H30N2O3/c1-18-8-5-9-19(16-18)17-27-15-7-14-26-13-6-10-21(26)23(27)20-11-12-22(28-2)25(30-4)24(20)29-3/h5-6,8-13,16,23H,7,14-15,17H2,1-4H3/t23-/m0/s1. The molecule has 5 nitrogen and oxygen atoms in total. The Labute approximate surface area is 178 Å². The molecular weight excluding hydrogens is 376 g/mol. The van der Waals surface area contributed by atoms with Crippen LogP contribution < -0.4 is 14.2 Å². The van der Waals surface area contributed by atoms with Gasteiger partial charge < -0.3 is 18.8 Å². The first kappa shape index (κ1) is 20.4. The Morgan fingerprint density at radius 3 is 2.47 bits per heavy atom. The molecular formula is C25H30N2O3. The molecule has 0 saturated carbocycles. The average Bonchev–Trinajstić information content (AvgIpc) is 3.14. The van der Waals surface area contributed by atoms with Crippen LogP contribution >= 0.6 is 0 Å². The maximum absolute atomic E-state index is 5.87. The molecule has 0 unspecified atom stereocenters. The third kappa shape index (κ3) is 3.77.